The number of phenols is 1. The molecule has 6 heteroatoms. The Kier molecular flexibility index (Phi) is 4.38. The maximum absolute atomic E-state index is 11.9. The highest BCUT2D eigenvalue weighted by Crippen LogP contribution is 2.39. The molecule has 1 amide bonds. The van der Waals surface area contributed by atoms with Gasteiger partial charge in [-0.05, 0) is 35.9 Å². The molecule has 2 aromatic carbocycles. The van der Waals surface area contributed by atoms with Crippen LogP contribution in [0.1, 0.15) is 24.1 Å². The summed E-state index contributed by atoms with van der Waals surface area (Å²) in [6.07, 6.45) is 3.28. The van der Waals surface area contributed by atoms with E-state index in [1.165, 1.54) is 6.92 Å². The minimum atomic E-state index is -0.598. The molecule has 0 aliphatic heterocycles. The number of carbonyl (C=O) groups is 1. The fourth-order valence-electron chi connectivity index (χ4n) is 3.32. The number of amides is 1. The van der Waals surface area contributed by atoms with E-state index in [9.17, 15) is 9.90 Å². The molecular weight excluding hydrogens is 362 g/mol. The van der Waals surface area contributed by atoms with Gasteiger partial charge in [0, 0.05) is 35.7 Å². The van der Waals surface area contributed by atoms with Crippen molar-refractivity contribution in [1.29, 1.82) is 0 Å². The molecule has 4 rings (SSSR count). The second-order valence-corrected chi connectivity index (χ2v) is 6.65. The molecule has 1 unspecified atom stereocenters. The molecular formula is C21H16ClN3O2. The van der Waals surface area contributed by atoms with Crippen LogP contribution in [0, 0.1) is 0 Å². The van der Waals surface area contributed by atoms with Crippen molar-refractivity contribution >= 4 is 39.3 Å². The number of aromatic hydroxyl groups is 1. The van der Waals surface area contributed by atoms with Gasteiger partial charge in [-0.2, -0.15) is 0 Å². The molecule has 0 saturated heterocycles. The van der Waals surface area contributed by atoms with Gasteiger partial charge in [-0.25, -0.2) is 0 Å². The number of phenolic OH excluding ortho intramolecular Hbond substituents is 1. The Morgan fingerprint density at radius 2 is 1.81 bits per heavy atom. The standard InChI is InChI=1S/C21H16ClN3O2/c1-12(26)25-19(14-8-10-23-18-7-3-2-5-13(14)18)16-11-17(22)15-6-4-9-24-20(15)21(16)27/h2-11,19,27H,1H3,(H,25,26). The average Bonchev–Trinajstić information content (AvgIpc) is 2.68. The van der Waals surface area contributed by atoms with Crippen molar-refractivity contribution in [1.82, 2.24) is 15.3 Å². The highest BCUT2D eigenvalue weighted by molar-refractivity contribution is 6.35. The van der Waals surface area contributed by atoms with Crippen molar-refractivity contribution in [2.24, 2.45) is 0 Å². The van der Waals surface area contributed by atoms with Gasteiger partial charge >= 0.3 is 0 Å². The topological polar surface area (TPSA) is 75.1 Å². The van der Waals surface area contributed by atoms with Gasteiger partial charge in [0.25, 0.3) is 0 Å². The van der Waals surface area contributed by atoms with Crippen LogP contribution in [0.4, 0.5) is 0 Å². The van der Waals surface area contributed by atoms with Gasteiger partial charge in [0.05, 0.1) is 16.6 Å². The summed E-state index contributed by atoms with van der Waals surface area (Å²) < 4.78 is 0. The number of rotatable bonds is 3. The van der Waals surface area contributed by atoms with Crippen molar-refractivity contribution in [3.05, 3.63) is 77.1 Å². The summed E-state index contributed by atoms with van der Waals surface area (Å²) in [6, 6.07) is 14.1. The molecule has 2 heterocycles. The van der Waals surface area contributed by atoms with Crippen LogP contribution in [0.2, 0.25) is 5.02 Å². The second-order valence-electron chi connectivity index (χ2n) is 6.25. The third kappa shape index (κ3) is 3.06. The first-order chi connectivity index (χ1) is 13.1. The number of hydrogen-bond acceptors (Lipinski definition) is 4. The van der Waals surface area contributed by atoms with Crippen LogP contribution in [-0.2, 0) is 4.79 Å². The van der Waals surface area contributed by atoms with Crippen molar-refractivity contribution in [3.8, 4) is 5.75 Å². The molecule has 0 aliphatic carbocycles. The molecule has 2 aromatic heterocycles. The number of fused-ring (bicyclic) bond motifs is 2. The van der Waals surface area contributed by atoms with E-state index in [-0.39, 0.29) is 11.7 Å². The first-order valence-electron chi connectivity index (χ1n) is 8.43. The van der Waals surface area contributed by atoms with Crippen LogP contribution in [0.15, 0.2) is 60.9 Å². The number of halogens is 1. The monoisotopic (exact) mass is 377 g/mol. The number of pyridine rings is 2. The molecule has 5 nitrogen and oxygen atoms in total. The van der Waals surface area contributed by atoms with Gasteiger partial charge < -0.3 is 10.4 Å². The molecule has 0 saturated carbocycles. The van der Waals surface area contributed by atoms with E-state index in [0.29, 0.717) is 21.5 Å². The Balaban J connectivity index is 2.00. The third-order valence-electron chi connectivity index (χ3n) is 4.50. The molecule has 0 fully saturated rings. The zero-order chi connectivity index (χ0) is 19.0. The SMILES string of the molecule is CC(=O)NC(c1cc(Cl)c2cccnc2c1O)c1ccnc2ccccc12. The predicted octanol–water partition coefficient (Wildman–Crippen LogP) is 4.37. The van der Waals surface area contributed by atoms with E-state index in [0.717, 1.165) is 16.5 Å². The number of nitrogens with zero attached hydrogens (tertiary/aromatic N) is 2. The largest absolute Gasteiger partial charge is 0.505 e. The van der Waals surface area contributed by atoms with Gasteiger partial charge in [-0.3, -0.25) is 14.8 Å². The molecule has 0 radical (unpaired) electrons. The number of benzene rings is 2. The molecule has 134 valence electrons. The molecule has 0 bridgehead atoms. The summed E-state index contributed by atoms with van der Waals surface area (Å²) in [4.78, 5) is 20.6. The van der Waals surface area contributed by atoms with Crippen LogP contribution in [0.25, 0.3) is 21.8 Å². The summed E-state index contributed by atoms with van der Waals surface area (Å²) in [5.74, 6) is -0.229. The van der Waals surface area contributed by atoms with E-state index < -0.39 is 6.04 Å². The second kappa shape index (κ2) is 6.85. The number of aromatic nitrogens is 2. The molecule has 0 spiro atoms. The van der Waals surface area contributed by atoms with Gasteiger partial charge in [0.15, 0.2) is 0 Å². The Morgan fingerprint density at radius 1 is 1.04 bits per heavy atom. The van der Waals surface area contributed by atoms with Crippen LogP contribution < -0.4 is 5.32 Å². The van der Waals surface area contributed by atoms with Crippen molar-refractivity contribution in [2.75, 3.05) is 0 Å². The molecule has 27 heavy (non-hydrogen) atoms. The van der Waals surface area contributed by atoms with Crippen LogP contribution in [-0.4, -0.2) is 21.0 Å². The normalized spacial score (nSPS) is 12.2. The maximum Gasteiger partial charge on any atom is 0.217 e. The fraction of sp³-hybridized carbons (Fsp3) is 0.0952. The lowest BCUT2D eigenvalue weighted by atomic mass is 9.94. The van der Waals surface area contributed by atoms with E-state index in [1.807, 2.05) is 30.3 Å². The number of para-hydroxylation sites is 1. The lowest BCUT2D eigenvalue weighted by Crippen LogP contribution is -2.27. The average molecular weight is 378 g/mol. The smallest absolute Gasteiger partial charge is 0.217 e. The molecule has 0 aliphatic rings. The zero-order valence-electron chi connectivity index (χ0n) is 14.5. The number of carbonyl (C=O) groups excluding carboxylic acids is 1. The first kappa shape index (κ1) is 17.2. The van der Waals surface area contributed by atoms with Crippen molar-refractivity contribution in [3.63, 3.8) is 0 Å². The Hall–Kier alpha value is -3.18. The van der Waals surface area contributed by atoms with E-state index in [1.54, 1.807) is 30.6 Å². The summed E-state index contributed by atoms with van der Waals surface area (Å²) in [5, 5.41) is 15.8. The van der Waals surface area contributed by atoms with Crippen LogP contribution in [0.5, 0.6) is 5.75 Å². The van der Waals surface area contributed by atoms with Gasteiger partial charge in [0.1, 0.15) is 11.3 Å². The molecule has 4 aromatic rings. The summed E-state index contributed by atoms with van der Waals surface area (Å²) in [6.45, 7) is 1.44. The summed E-state index contributed by atoms with van der Waals surface area (Å²) in [5.41, 5.74) is 2.50. The van der Waals surface area contributed by atoms with E-state index >= 15 is 0 Å². The quantitative estimate of drug-likeness (QED) is 0.556. The lowest BCUT2D eigenvalue weighted by molar-refractivity contribution is -0.119. The highest BCUT2D eigenvalue weighted by atomic mass is 35.5. The molecule has 2 N–H and O–H groups in total. The Bertz CT molecular complexity index is 1170. The minimum absolute atomic E-state index is 0.00496. The van der Waals surface area contributed by atoms with Crippen LogP contribution in [0.3, 0.4) is 0 Å². The molecule has 1 atom stereocenters. The maximum atomic E-state index is 11.9. The number of hydrogen-bond donors (Lipinski definition) is 2. The van der Waals surface area contributed by atoms with Gasteiger partial charge in [-0.15, -0.1) is 0 Å². The van der Waals surface area contributed by atoms with Crippen LogP contribution >= 0.6 is 11.6 Å². The predicted molar refractivity (Wildman–Crippen MR) is 106 cm³/mol. The number of nitrogens with one attached hydrogen (secondary N) is 1. The summed E-state index contributed by atoms with van der Waals surface area (Å²) >= 11 is 6.44. The minimum Gasteiger partial charge on any atom is -0.505 e. The van der Waals surface area contributed by atoms with E-state index in [4.69, 9.17) is 11.6 Å². The van der Waals surface area contributed by atoms with E-state index in [2.05, 4.69) is 15.3 Å². The third-order valence-corrected chi connectivity index (χ3v) is 4.81. The van der Waals surface area contributed by atoms with Gasteiger partial charge in [-0.1, -0.05) is 29.8 Å². The zero-order valence-corrected chi connectivity index (χ0v) is 15.2. The fourth-order valence-corrected chi connectivity index (χ4v) is 3.59. The van der Waals surface area contributed by atoms with Crippen molar-refractivity contribution < 1.29 is 9.90 Å². The Morgan fingerprint density at radius 3 is 2.63 bits per heavy atom. The Labute approximate surface area is 160 Å². The first-order valence-corrected chi connectivity index (χ1v) is 8.81. The summed E-state index contributed by atoms with van der Waals surface area (Å²) in [7, 11) is 0. The lowest BCUT2D eigenvalue weighted by Gasteiger charge is -2.22. The van der Waals surface area contributed by atoms with Gasteiger partial charge in [0.2, 0.25) is 5.91 Å². The van der Waals surface area contributed by atoms with Crippen molar-refractivity contribution in [2.45, 2.75) is 13.0 Å². The highest BCUT2D eigenvalue weighted by Gasteiger charge is 2.24.